The van der Waals surface area contributed by atoms with Crippen molar-refractivity contribution in [2.45, 2.75) is 18.8 Å². The first-order valence-corrected chi connectivity index (χ1v) is 7.25. The van der Waals surface area contributed by atoms with Crippen molar-refractivity contribution in [3.63, 3.8) is 0 Å². The zero-order valence-electron chi connectivity index (χ0n) is 11.7. The van der Waals surface area contributed by atoms with E-state index < -0.39 is 5.97 Å². The van der Waals surface area contributed by atoms with Crippen LogP contribution in [0.15, 0.2) is 42.5 Å². The van der Waals surface area contributed by atoms with E-state index in [1.165, 1.54) is 12.8 Å². The van der Waals surface area contributed by atoms with Crippen LogP contribution in [0.3, 0.4) is 0 Å². The Hall–Kier alpha value is -2.20. The van der Waals surface area contributed by atoms with E-state index in [2.05, 4.69) is 11.4 Å². The Morgan fingerprint density at radius 3 is 2.67 bits per heavy atom. The van der Waals surface area contributed by atoms with Gasteiger partial charge in [0.1, 0.15) is 0 Å². The molecule has 0 aliphatic carbocycles. The normalized spacial score (nSPS) is 18.4. The van der Waals surface area contributed by atoms with Crippen molar-refractivity contribution in [2.24, 2.45) is 0 Å². The molecule has 0 unspecified atom stereocenters. The van der Waals surface area contributed by atoms with Crippen LogP contribution in [0.1, 0.15) is 34.8 Å². The first kappa shape index (κ1) is 13.8. The number of carboxylic acids is 1. The summed E-state index contributed by atoms with van der Waals surface area (Å²) >= 11 is 0. The molecule has 0 radical (unpaired) electrons. The average molecular weight is 282 g/mol. The van der Waals surface area contributed by atoms with Crippen molar-refractivity contribution in [3.8, 4) is 11.3 Å². The second-order valence-corrected chi connectivity index (χ2v) is 5.37. The summed E-state index contributed by atoms with van der Waals surface area (Å²) in [6.07, 6.45) is 2.35. The highest BCUT2D eigenvalue weighted by Gasteiger charge is 2.16. The lowest BCUT2D eigenvalue weighted by Crippen LogP contribution is -2.28. The Labute approximate surface area is 123 Å². The van der Waals surface area contributed by atoms with Crippen molar-refractivity contribution in [1.29, 1.82) is 0 Å². The molecule has 1 aliphatic rings. The quantitative estimate of drug-likeness (QED) is 0.908. The third-order valence-electron chi connectivity index (χ3n) is 3.91. The molecule has 0 bridgehead atoms. The second kappa shape index (κ2) is 6.06. The number of nitrogens with zero attached hydrogens (tertiary/aromatic N) is 1. The number of hydrogen-bond acceptors (Lipinski definition) is 3. The summed E-state index contributed by atoms with van der Waals surface area (Å²) in [5, 5.41) is 12.3. The molecule has 3 rings (SSSR count). The fourth-order valence-corrected chi connectivity index (χ4v) is 2.73. The molecule has 1 aliphatic heterocycles. The topological polar surface area (TPSA) is 62.2 Å². The minimum atomic E-state index is -0.906. The number of aromatic nitrogens is 1. The maximum atomic E-state index is 10.9. The SMILES string of the molecule is O=C(O)c1ccc(-c2cccc([C@@H]3CCCNC3)n2)cc1. The van der Waals surface area contributed by atoms with Crippen molar-refractivity contribution < 1.29 is 9.90 Å². The van der Waals surface area contributed by atoms with Crippen LogP contribution in [0.4, 0.5) is 0 Å². The van der Waals surface area contributed by atoms with E-state index in [1.54, 1.807) is 12.1 Å². The molecular weight excluding hydrogens is 264 g/mol. The first-order valence-electron chi connectivity index (χ1n) is 7.25. The molecule has 21 heavy (non-hydrogen) atoms. The maximum Gasteiger partial charge on any atom is 0.335 e. The third kappa shape index (κ3) is 3.11. The summed E-state index contributed by atoms with van der Waals surface area (Å²) in [7, 11) is 0. The summed E-state index contributed by atoms with van der Waals surface area (Å²) in [5.74, 6) is -0.437. The lowest BCUT2D eigenvalue weighted by molar-refractivity contribution is 0.0697. The molecule has 1 fully saturated rings. The van der Waals surface area contributed by atoms with Gasteiger partial charge in [-0.2, -0.15) is 0 Å². The Balaban J connectivity index is 1.86. The summed E-state index contributed by atoms with van der Waals surface area (Å²) in [6.45, 7) is 2.07. The van der Waals surface area contributed by atoms with Gasteiger partial charge in [-0.15, -0.1) is 0 Å². The second-order valence-electron chi connectivity index (χ2n) is 5.37. The minimum Gasteiger partial charge on any atom is -0.478 e. The molecule has 2 N–H and O–H groups in total. The van der Waals surface area contributed by atoms with Crippen LogP contribution in [0.5, 0.6) is 0 Å². The Kier molecular flexibility index (Phi) is 3.97. The van der Waals surface area contributed by atoms with Crippen molar-refractivity contribution >= 4 is 5.97 Å². The zero-order valence-corrected chi connectivity index (χ0v) is 11.7. The number of carbonyl (C=O) groups is 1. The number of aromatic carboxylic acids is 1. The average Bonchev–Trinajstić information content (AvgIpc) is 2.56. The molecule has 2 aromatic rings. The van der Waals surface area contributed by atoms with E-state index in [1.807, 2.05) is 24.3 Å². The van der Waals surface area contributed by atoms with Gasteiger partial charge in [-0.25, -0.2) is 4.79 Å². The van der Waals surface area contributed by atoms with Crippen LogP contribution >= 0.6 is 0 Å². The van der Waals surface area contributed by atoms with Crippen molar-refractivity contribution in [1.82, 2.24) is 10.3 Å². The summed E-state index contributed by atoms with van der Waals surface area (Å²) in [5.41, 5.74) is 3.26. The van der Waals surface area contributed by atoms with Crippen LogP contribution in [0.25, 0.3) is 11.3 Å². The molecule has 1 atom stereocenters. The van der Waals surface area contributed by atoms with E-state index in [-0.39, 0.29) is 0 Å². The van der Waals surface area contributed by atoms with Gasteiger partial charge in [0.2, 0.25) is 0 Å². The highest BCUT2D eigenvalue weighted by molar-refractivity contribution is 5.88. The Bertz CT molecular complexity index is 631. The molecule has 0 amide bonds. The van der Waals surface area contributed by atoms with Gasteiger partial charge < -0.3 is 10.4 Å². The monoisotopic (exact) mass is 282 g/mol. The van der Waals surface area contributed by atoms with Crippen molar-refractivity contribution in [3.05, 3.63) is 53.7 Å². The van der Waals surface area contributed by atoms with Gasteiger partial charge in [0.15, 0.2) is 0 Å². The summed E-state index contributed by atoms with van der Waals surface area (Å²) in [6, 6.07) is 12.9. The van der Waals surface area contributed by atoms with Gasteiger partial charge in [-0.3, -0.25) is 4.98 Å². The summed E-state index contributed by atoms with van der Waals surface area (Å²) < 4.78 is 0. The highest BCUT2D eigenvalue weighted by atomic mass is 16.4. The highest BCUT2D eigenvalue weighted by Crippen LogP contribution is 2.24. The molecule has 4 nitrogen and oxygen atoms in total. The molecule has 0 spiro atoms. The smallest absolute Gasteiger partial charge is 0.335 e. The molecule has 0 saturated carbocycles. The van der Waals surface area contributed by atoms with Gasteiger partial charge in [-0.1, -0.05) is 18.2 Å². The van der Waals surface area contributed by atoms with Crippen LogP contribution in [-0.2, 0) is 0 Å². The number of piperidine rings is 1. The number of hydrogen-bond donors (Lipinski definition) is 2. The maximum absolute atomic E-state index is 10.9. The molecule has 1 aromatic carbocycles. The fourth-order valence-electron chi connectivity index (χ4n) is 2.73. The number of pyridine rings is 1. The number of rotatable bonds is 3. The van der Waals surface area contributed by atoms with Gasteiger partial charge in [0.25, 0.3) is 0 Å². The van der Waals surface area contributed by atoms with E-state index in [4.69, 9.17) is 10.1 Å². The molecule has 2 heterocycles. The van der Waals surface area contributed by atoms with Crippen molar-refractivity contribution in [2.75, 3.05) is 13.1 Å². The molecule has 4 heteroatoms. The predicted molar refractivity (Wildman–Crippen MR) is 81.5 cm³/mol. The van der Waals surface area contributed by atoms with E-state index in [0.717, 1.165) is 30.0 Å². The Morgan fingerprint density at radius 1 is 1.19 bits per heavy atom. The first-order chi connectivity index (χ1) is 10.2. The number of benzene rings is 1. The standard InChI is InChI=1S/C17H18N2O2/c20-17(21)13-8-6-12(7-9-13)15-4-1-5-16(19-15)14-3-2-10-18-11-14/h1,4-9,14,18H,2-3,10-11H2,(H,20,21)/t14-/m1/s1. The van der Waals surface area contributed by atoms with E-state index >= 15 is 0 Å². The third-order valence-corrected chi connectivity index (χ3v) is 3.91. The molecule has 108 valence electrons. The number of nitrogens with one attached hydrogen (secondary N) is 1. The summed E-state index contributed by atoms with van der Waals surface area (Å²) in [4.78, 5) is 15.6. The van der Waals surface area contributed by atoms with Crippen LogP contribution in [0, 0.1) is 0 Å². The molecule has 1 saturated heterocycles. The van der Waals surface area contributed by atoms with E-state index in [0.29, 0.717) is 11.5 Å². The predicted octanol–water partition coefficient (Wildman–Crippen LogP) is 2.91. The van der Waals surface area contributed by atoms with Gasteiger partial charge in [0.05, 0.1) is 11.3 Å². The molecule has 1 aromatic heterocycles. The minimum absolute atomic E-state index is 0.298. The molecular formula is C17H18N2O2. The van der Waals surface area contributed by atoms with Crippen LogP contribution in [-0.4, -0.2) is 29.1 Å². The lowest BCUT2D eigenvalue weighted by Gasteiger charge is -2.22. The van der Waals surface area contributed by atoms with Crippen LogP contribution in [0.2, 0.25) is 0 Å². The van der Waals surface area contributed by atoms with Gasteiger partial charge in [0, 0.05) is 23.7 Å². The van der Waals surface area contributed by atoms with E-state index in [9.17, 15) is 4.79 Å². The fraction of sp³-hybridized carbons (Fsp3) is 0.294. The van der Waals surface area contributed by atoms with Gasteiger partial charge >= 0.3 is 5.97 Å². The largest absolute Gasteiger partial charge is 0.478 e. The van der Waals surface area contributed by atoms with Gasteiger partial charge in [-0.05, 0) is 43.7 Å². The van der Waals surface area contributed by atoms with Crippen LogP contribution < -0.4 is 5.32 Å². The Morgan fingerprint density at radius 2 is 2.00 bits per heavy atom. The number of carboxylic acid groups (broad SMARTS) is 1. The zero-order chi connectivity index (χ0) is 14.7. The lowest BCUT2D eigenvalue weighted by atomic mass is 9.95.